The number of ether oxygens (including phenoxy) is 2. The van der Waals surface area contributed by atoms with Gasteiger partial charge >= 0.3 is 0 Å². The predicted octanol–water partition coefficient (Wildman–Crippen LogP) is 2.77. The Labute approximate surface area is 127 Å². The van der Waals surface area contributed by atoms with Crippen molar-refractivity contribution in [2.24, 2.45) is 0 Å². The van der Waals surface area contributed by atoms with Gasteiger partial charge in [-0.25, -0.2) is 0 Å². The third-order valence-corrected chi connectivity index (χ3v) is 3.67. The number of hydrogen-bond donors (Lipinski definition) is 0. The smallest absolute Gasteiger partial charge is 0.162 e. The van der Waals surface area contributed by atoms with Crippen LogP contribution in [0.2, 0.25) is 0 Å². The van der Waals surface area contributed by atoms with E-state index in [-0.39, 0.29) is 18.0 Å². The fourth-order valence-corrected chi connectivity index (χ4v) is 2.70. The summed E-state index contributed by atoms with van der Waals surface area (Å²) < 4.78 is 11.5. The minimum Gasteiger partial charge on any atom is -0.492 e. The zero-order valence-corrected chi connectivity index (χ0v) is 13.2. The van der Waals surface area contributed by atoms with E-state index in [0.29, 0.717) is 13.0 Å². The maximum Gasteiger partial charge on any atom is 0.162 e. The minimum atomic E-state index is 0.165. The topological polar surface area (TPSA) is 38.8 Å². The number of morpholine rings is 1. The Morgan fingerprint density at radius 2 is 1.86 bits per heavy atom. The lowest BCUT2D eigenvalue weighted by Gasteiger charge is -2.35. The lowest BCUT2D eigenvalue weighted by atomic mass is 10.1. The molecule has 0 aromatic heterocycles. The van der Waals surface area contributed by atoms with Gasteiger partial charge in [-0.05, 0) is 38.1 Å². The Kier molecular flexibility index (Phi) is 5.76. The SMILES string of the molecule is CCC(=O)c1ccc(OCCN2C[C@@H](C)O[C@@H](C)C2)cc1. The maximum atomic E-state index is 11.5. The molecule has 0 bridgehead atoms. The first-order valence-corrected chi connectivity index (χ1v) is 7.72. The van der Waals surface area contributed by atoms with Gasteiger partial charge in [-0.1, -0.05) is 6.92 Å². The monoisotopic (exact) mass is 291 g/mol. The van der Waals surface area contributed by atoms with E-state index in [4.69, 9.17) is 9.47 Å². The number of rotatable bonds is 6. The summed E-state index contributed by atoms with van der Waals surface area (Å²) in [5.74, 6) is 0.981. The Morgan fingerprint density at radius 1 is 1.24 bits per heavy atom. The first-order valence-electron chi connectivity index (χ1n) is 7.72. The van der Waals surface area contributed by atoms with Gasteiger partial charge < -0.3 is 9.47 Å². The average Bonchev–Trinajstić information content (AvgIpc) is 2.46. The number of ketones is 1. The van der Waals surface area contributed by atoms with Crippen LogP contribution in [0.15, 0.2) is 24.3 Å². The molecule has 2 rings (SSSR count). The third-order valence-electron chi connectivity index (χ3n) is 3.67. The molecule has 4 heteroatoms. The normalized spacial score (nSPS) is 23.0. The van der Waals surface area contributed by atoms with Crippen LogP contribution in [0.25, 0.3) is 0 Å². The van der Waals surface area contributed by atoms with Crippen molar-refractivity contribution >= 4 is 5.78 Å². The van der Waals surface area contributed by atoms with Crippen molar-refractivity contribution in [1.29, 1.82) is 0 Å². The molecule has 116 valence electrons. The maximum absolute atomic E-state index is 11.5. The van der Waals surface area contributed by atoms with Gasteiger partial charge in [0.15, 0.2) is 5.78 Å². The summed E-state index contributed by atoms with van der Waals surface area (Å²) in [7, 11) is 0. The summed E-state index contributed by atoms with van der Waals surface area (Å²) >= 11 is 0. The second-order valence-corrected chi connectivity index (χ2v) is 5.67. The van der Waals surface area contributed by atoms with Gasteiger partial charge in [0, 0.05) is 31.6 Å². The molecule has 1 aliphatic rings. The van der Waals surface area contributed by atoms with Crippen LogP contribution in [0.1, 0.15) is 37.6 Å². The number of nitrogens with zero attached hydrogens (tertiary/aromatic N) is 1. The molecule has 1 heterocycles. The molecule has 0 radical (unpaired) electrons. The molecule has 0 aliphatic carbocycles. The van der Waals surface area contributed by atoms with Crippen LogP contribution in [-0.2, 0) is 4.74 Å². The van der Waals surface area contributed by atoms with Gasteiger partial charge in [-0.2, -0.15) is 0 Å². The molecule has 4 nitrogen and oxygen atoms in total. The Hall–Kier alpha value is -1.39. The number of carbonyl (C=O) groups excluding carboxylic acids is 1. The van der Waals surface area contributed by atoms with Crippen molar-refractivity contribution in [3.05, 3.63) is 29.8 Å². The van der Waals surface area contributed by atoms with E-state index in [9.17, 15) is 4.79 Å². The summed E-state index contributed by atoms with van der Waals surface area (Å²) in [6.45, 7) is 9.54. The molecule has 1 aromatic rings. The molecule has 0 saturated carbocycles. The second-order valence-electron chi connectivity index (χ2n) is 5.67. The largest absolute Gasteiger partial charge is 0.492 e. The summed E-state index contributed by atoms with van der Waals surface area (Å²) in [5, 5.41) is 0. The third kappa shape index (κ3) is 4.83. The molecule has 1 aliphatic heterocycles. The Morgan fingerprint density at radius 3 is 2.43 bits per heavy atom. The van der Waals surface area contributed by atoms with Gasteiger partial charge in [0.05, 0.1) is 12.2 Å². The number of benzene rings is 1. The quantitative estimate of drug-likeness (QED) is 0.756. The molecular formula is C17H25NO3. The van der Waals surface area contributed by atoms with E-state index in [1.165, 1.54) is 0 Å². The van der Waals surface area contributed by atoms with E-state index in [1.807, 2.05) is 31.2 Å². The lowest BCUT2D eigenvalue weighted by Crippen LogP contribution is -2.46. The summed E-state index contributed by atoms with van der Waals surface area (Å²) in [4.78, 5) is 13.9. The van der Waals surface area contributed by atoms with E-state index in [0.717, 1.165) is 30.9 Å². The fourth-order valence-electron chi connectivity index (χ4n) is 2.70. The molecule has 2 atom stereocenters. The zero-order valence-electron chi connectivity index (χ0n) is 13.2. The Balaban J connectivity index is 1.77. The first kappa shape index (κ1) is 16.0. The van der Waals surface area contributed by atoms with E-state index in [2.05, 4.69) is 18.7 Å². The number of carbonyl (C=O) groups is 1. The van der Waals surface area contributed by atoms with Crippen LogP contribution >= 0.6 is 0 Å². The minimum absolute atomic E-state index is 0.165. The van der Waals surface area contributed by atoms with Crippen LogP contribution in [0.3, 0.4) is 0 Å². The molecule has 0 N–H and O–H groups in total. The second kappa shape index (κ2) is 7.57. The molecule has 1 saturated heterocycles. The number of Topliss-reactive ketones (excluding diaryl/α,β-unsaturated/α-hetero) is 1. The molecular weight excluding hydrogens is 266 g/mol. The van der Waals surface area contributed by atoms with Crippen LogP contribution in [0.5, 0.6) is 5.75 Å². The molecule has 0 spiro atoms. The first-order chi connectivity index (χ1) is 10.1. The van der Waals surface area contributed by atoms with E-state index < -0.39 is 0 Å². The highest BCUT2D eigenvalue weighted by Crippen LogP contribution is 2.14. The van der Waals surface area contributed by atoms with E-state index in [1.54, 1.807) is 0 Å². The molecule has 1 fully saturated rings. The highest BCUT2D eigenvalue weighted by atomic mass is 16.5. The molecule has 0 amide bonds. The van der Waals surface area contributed by atoms with Crippen molar-refractivity contribution in [3.8, 4) is 5.75 Å². The summed E-state index contributed by atoms with van der Waals surface area (Å²) in [6.07, 6.45) is 1.11. The summed E-state index contributed by atoms with van der Waals surface area (Å²) in [5.41, 5.74) is 0.751. The molecule has 0 unspecified atom stereocenters. The predicted molar refractivity (Wildman–Crippen MR) is 83.0 cm³/mol. The fraction of sp³-hybridized carbons (Fsp3) is 0.588. The van der Waals surface area contributed by atoms with Gasteiger partial charge in [0.25, 0.3) is 0 Å². The van der Waals surface area contributed by atoms with Crippen molar-refractivity contribution in [2.75, 3.05) is 26.2 Å². The summed E-state index contributed by atoms with van der Waals surface area (Å²) in [6, 6.07) is 7.40. The zero-order chi connectivity index (χ0) is 15.2. The van der Waals surface area contributed by atoms with Gasteiger partial charge in [-0.3, -0.25) is 9.69 Å². The van der Waals surface area contributed by atoms with Crippen molar-refractivity contribution in [2.45, 2.75) is 39.4 Å². The van der Waals surface area contributed by atoms with Crippen molar-refractivity contribution in [1.82, 2.24) is 4.90 Å². The van der Waals surface area contributed by atoms with Crippen LogP contribution in [0.4, 0.5) is 0 Å². The van der Waals surface area contributed by atoms with Crippen molar-refractivity contribution < 1.29 is 14.3 Å². The van der Waals surface area contributed by atoms with Crippen LogP contribution in [0, 0.1) is 0 Å². The average molecular weight is 291 g/mol. The molecule has 21 heavy (non-hydrogen) atoms. The number of hydrogen-bond acceptors (Lipinski definition) is 4. The lowest BCUT2D eigenvalue weighted by molar-refractivity contribution is -0.0699. The van der Waals surface area contributed by atoms with Crippen LogP contribution in [-0.4, -0.2) is 49.1 Å². The van der Waals surface area contributed by atoms with Gasteiger partial charge in [-0.15, -0.1) is 0 Å². The van der Waals surface area contributed by atoms with Gasteiger partial charge in [0.1, 0.15) is 12.4 Å². The van der Waals surface area contributed by atoms with E-state index >= 15 is 0 Å². The van der Waals surface area contributed by atoms with Gasteiger partial charge in [0.2, 0.25) is 0 Å². The van der Waals surface area contributed by atoms with Crippen molar-refractivity contribution in [3.63, 3.8) is 0 Å². The highest BCUT2D eigenvalue weighted by Gasteiger charge is 2.21. The van der Waals surface area contributed by atoms with Crippen LogP contribution < -0.4 is 4.74 Å². The molecule has 1 aromatic carbocycles. The highest BCUT2D eigenvalue weighted by molar-refractivity contribution is 5.95. The Bertz CT molecular complexity index is 448. The standard InChI is InChI=1S/C17H25NO3/c1-4-17(19)15-5-7-16(8-6-15)20-10-9-18-11-13(2)21-14(3)12-18/h5-8,13-14H,4,9-12H2,1-3H3/t13-,14+.